The fraction of sp³-hybridized carbons (Fsp3) is 0.346. The van der Waals surface area contributed by atoms with E-state index < -0.39 is 0 Å². The topological polar surface area (TPSA) is 81.9 Å². The molecular formula is C26H30N4O4S. The second-order valence-electron chi connectivity index (χ2n) is 8.16. The summed E-state index contributed by atoms with van der Waals surface area (Å²) in [6.45, 7) is 5.01. The molecular weight excluding hydrogens is 464 g/mol. The minimum absolute atomic E-state index is 0.269. The van der Waals surface area contributed by atoms with E-state index in [-0.39, 0.29) is 6.04 Å². The lowest BCUT2D eigenvalue weighted by Gasteiger charge is -2.37. The van der Waals surface area contributed by atoms with Crippen LogP contribution in [-0.4, -0.2) is 48.0 Å². The van der Waals surface area contributed by atoms with Gasteiger partial charge >= 0.3 is 0 Å². The molecule has 0 spiro atoms. The van der Waals surface area contributed by atoms with Gasteiger partial charge in [-0.15, -0.1) is 0 Å². The summed E-state index contributed by atoms with van der Waals surface area (Å²) in [7, 11) is 4.85. The van der Waals surface area contributed by atoms with Crippen molar-refractivity contribution in [1.29, 1.82) is 0 Å². The predicted molar refractivity (Wildman–Crippen MR) is 139 cm³/mol. The second-order valence-corrected chi connectivity index (χ2v) is 8.54. The molecule has 8 nitrogen and oxygen atoms in total. The lowest BCUT2D eigenvalue weighted by atomic mass is 9.94. The van der Waals surface area contributed by atoms with Gasteiger partial charge in [0.15, 0.2) is 16.6 Å². The fourth-order valence-corrected chi connectivity index (χ4v) is 4.49. The summed E-state index contributed by atoms with van der Waals surface area (Å²) in [6, 6.07) is 13.1. The second kappa shape index (κ2) is 10.8. The first-order valence-electron chi connectivity index (χ1n) is 11.5. The van der Waals surface area contributed by atoms with Crippen molar-refractivity contribution in [3.8, 4) is 28.6 Å². The van der Waals surface area contributed by atoms with Gasteiger partial charge in [-0.1, -0.05) is 30.6 Å². The van der Waals surface area contributed by atoms with Gasteiger partial charge in [-0.05, 0) is 61.5 Å². The number of hydrogen-bond acceptors (Lipinski definition) is 7. The first-order valence-corrected chi connectivity index (χ1v) is 11.9. The molecule has 1 N–H and O–H groups in total. The Labute approximate surface area is 210 Å². The molecule has 0 amide bonds. The highest BCUT2D eigenvalue weighted by Crippen LogP contribution is 2.39. The SMILES string of the molecule is CCCCN1C(=S)NC(c2cccc(OC)c2)C(c2nc(-c3ccc(OC)c(OC)c3)no2)=C1C. The number of ether oxygens (including phenoxy) is 3. The maximum Gasteiger partial charge on any atom is 0.258 e. The van der Waals surface area contributed by atoms with Crippen LogP contribution in [0.3, 0.4) is 0 Å². The highest BCUT2D eigenvalue weighted by atomic mass is 32.1. The number of hydrogen-bond donors (Lipinski definition) is 1. The molecule has 3 aromatic rings. The van der Waals surface area contributed by atoms with Gasteiger partial charge in [-0.25, -0.2) is 0 Å². The first kappa shape index (κ1) is 24.5. The smallest absolute Gasteiger partial charge is 0.258 e. The highest BCUT2D eigenvalue weighted by Gasteiger charge is 2.34. The van der Waals surface area contributed by atoms with Crippen molar-refractivity contribution < 1.29 is 18.7 Å². The maximum atomic E-state index is 5.82. The molecule has 0 fully saturated rings. The molecule has 0 radical (unpaired) electrons. The quantitative estimate of drug-likeness (QED) is 0.402. The highest BCUT2D eigenvalue weighted by molar-refractivity contribution is 7.80. The molecule has 0 aliphatic carbocycles. The number of thiocarbonyl (C=S) groups is 1. The van der Waals surface area contributed by atoms with Gasteiger partial charge in [0.25, 0.3) is 5.89 Å². The Morgan fingerprint density at radius 2 is 1.86 bits per heavy atom. The number of aromatic nitrogens is 2. The first-order chi connectivity index (χ1) is 17.0. The number of unbranched alkanes of at least 4 members (excludes halogenated alkanes) is 1. The predicted octanol–water partition coefficient (Wildman–Crippen LogP) is 5.22. The average molecular weight is 495 g/mol. The van der Waals surface area contributed by atoms with Crippen LogP contribution in [0.1, 0.15) is 44.2 Å². The van der Waals surface area contributed by atoms with Crippen LogP contribution in [0.4, 0.5) is 0 Å². The molecule has 35 heavy (non-hydrogen) atoms. The van der Waals surface area contributed by atoms with Crippen molar-refractivity contribution in [2.45, 2.75) is 32.7 Å². The minimum Gasteiger partial charge on any atom is -0.497 e. The van der Waals surface area contributed by atoms with E-state index in [1.807, 2.05) is 49.4 Å². The van der Waals surface area contributed by atoms with Gasteiger partial charge in [0.05, 0.1) is 32.9 Å². The Morgan fingerprint density at radius 1 is 1.06 bits per heavy atom. The monoisotopic (exact) mass is 494 g/mol. The third-order valence-electron chi connectivity index (χ3n) is 6.06. The number of nitrogens with zero attached hydrogens (tertiary/aromatic N) is 3. The Balaban J connectivity index is 1.79. The molecule has 0 saturated carbocycles. The van der Waals surface area contributed by atoms with E-state index in [9.17, 15) is 0 Å². The van der Waals surface area contributed by atoms with Gasteiger partial charge in [0.1, 0.15) is 5.75 Å². The van der Waals surface area contributed by atoms with Crippen LogP contribution in [0.15, 0.2) is 52.7 Å². The number of benzene rings is 2. The van der Waals surface area contributed by atoms with Crippen LogP contribution in [0.25, 0.3) is 17.0 Å². The van der Waals surface area contributed by atoms with Crippen LogP contribution < -0.4 is 19.5 Å². The molecule has 4 rings (SSSR count). The summed E-state index contributed by atoms with van der Waals surface area (Å²) >= 11 is 5.75. The minimum atomic E-state index is -0.269. The third kappa shape index (κ3) is 4.95. The Morgan fingerprint density at radius 3 is 2.57 bits per heavy atom. The lowest BCUT2D eigenvalue weighted by Crippen LogP contribution is -2.46. The molecule has 1 unspecified atom stereocenters. The summed E-state index contributed by atoms with van der Waals surface area (Å²) in [5, 5.41) is 8.43. The van der Waals surface area contributed by atoms with Crippen LogP contribution in [0.5, 0.6) is 17.2 Å². The number of nitrogens with one attached hydrogen (secondary N) is 1. The lowest BCUT2D eigenvalue weighted by molar-refractivity contribution is 0.355. The zero-order valence-corrected chi connectivity index (χ0v) is 21.4. The molecule has 184 valence electrons. The summed E-state index contributed by atoms with van der Waals surface area (Å²) in [6.07, 6.45) is 2.07. The van der Waals surface area contributed by atoms with E-state index in [1.54, 1.807) is 21.3 Å². The molecule has 1 atom stereocenters. The van der Waals surface area contributed by atoms with E-state index in [0.29, 0.717) is 28.3 Å². The molecule has 2 aromatic carbocycles. The van der Waals surface area contributed by atoms with Crippen molar-refractivity contribution in [2.75, 3.05) is 27.9 Å². The van der Waals surface area contributed by atoms with Crippen LogP contribution >= 0.6 is 12.2 Å². The molecule has 1 aromatic heterocycles. The molecule has 1 aliphatic heterocycles. The zero-order chi connectivity index (χ0) is 24.9. The van der Waals surface area contributed by atoms with Gasteiger partial charge in [-0.2, -0.15) is 4.98 Å². The molecule has 0 saturated heterocycles. The summed E-state index contributed by atoms with van der Waals surface area (Å²) in [4.78, 5) is 6.87. The van der Waals surface area contributed by atoms with Crippen molar-refractivity contribution in [3.05, 3.63) is 59.6 Å². The van der Waals surface area contributed by atoms with Gasteiger partial charge < -0.3 is 29.0 Å². The Bertz CT molecular complexity index is 1240. The van der Waals surface area contributed by atoms with Crippen molar-refractivity contribution in [3.63, 3.8) is 0 Å². The maximum absolute atomic E-state index is 5.82. The molecule has 9 heteroatoms. The molecule has 2 heterocycles. The van der Waals surface area contributed by atoms with E-state index in [0.717, 1.165) is 47.5 Å². The van der Waals surface area contributed by atoms with Crippen molar-refractivity contribution in [1.82, 2.24) is 20.4 Å². The van der Waals surface area contributed by atoms with E-state index in [1.165, 1.54) is 0 Å². The zero-order valence-electron chi connectivity index (χ0n) is 20.6. The van der Waals surface area contributed by atoms with Crippen LogP contribution in [0, 0.1) is 0 Å². The molecule has 0 bridgehead atoms. The summed E-state index contributed by atoms with van der Waals surface area (Å²) < 4.78 is 22.1. The van der Waals surface area contributed by atoms with Crippen molar-refractivity contribution >= 4 is 22.9 Å². The Kier molecular flexibility index (Phi) is 7.55. The van der Waals surface area contributed by atoms with E-state index in [4.69, 9.17) is 35.9 Å². The van der Waals surface area contributed by atoms with Crippen LogP contribution in [0.2, 0.25) is 0 Å². The number of rotatable bonds is 9. The Hall–Kier alpha value is -3.59. The average Bonchev–Trinajstić information content (AvgIpc) is 3.37. The van der Waals surface area contributed by atoms with E-state index >= 15 is 0 Å². The van der Waals surface area contributed by atoms with Crippen molar-refractivity contribution in [2.24, 2.45) is 0 Å². The molecule has 1 aliphatic rings. The summed E-state index contributed by atoms with van der Waals surface area (Å²) in [5.41, 5.74) is 3.61. The van der Waals surface area contributed by atoms with Gasteiger partial charge in [0, 0.05) is 17.8 Å². The normalized spacial score (nSPS) is 15.7. The number of allylic oxidation sites excluding steroid dienone is 1. The standard InChI is InChI=1S/C26H30N4O4S/c1-6-7-13-30-16(2)22(23(27-26(30)35)17-9-8-10-19(14-17)31-3)25-28-24(29-34-25)18-11-12-20(32-4)21(15-18)33-5/h8-12,14-15,23H,6-7,13H2,1-5H3,(H,27,35). The largest absolute Gasteiger partial charge is 0.497 e. The van der Waals surface area contributed by atoms with Crippen LogP contribution in [-0.2, 0) is 0 Å². The van der Waals surface area contributed by atoms with E-state index in [2.05, 4.69) is 22.3 Å². The number of methoxy groups -OCH3 is 3. The van der Waals surface area contributed by atoms with Gasteiger partial charge in [0.2, 0.25) is 5.82 Å². The summed E-state index contributed by atoms with van der Waals surface area (Å²) in [5.74, 6) is 2.87. The van der Waals surface area contributed by atoms with Gasteiger partial charge in [-0.3, -0.25) is 0 Å². The third-order valence-corrected chi connectivity index (χ3v) is 6.40. The fourth-order valence-electron chi connectivity index (χ4n) is 4.14.